The van der Waals surface area contributed by atoms with Gasteiger partial charge in [0, 0.05) is 86.5 Å². The molecular weight excluding hydrogens is 841 g/mol. The summed E-state index contributed by atoms with van der Waals surface area (Å²) in [4.78, 5) is 69.8. The quantitative estimate of drug-likeness (QED) is 0.0958. The van der Waals surface area contributed by atoms with E-state index in [2.05, 4.69) is 20.6 Å². The second-order valence-corrected chi connectivity index (χ2v) is 17.4. The van der Waals surface area contributed by atoms with Gasteiger partial charge in [0.15, 0.2) is 0 Å². The van der Waals surface area contributed by atoms with Crippen LogP contribution in [0.25, 0.3) is 22.1 Å². The van der Waals surface area contributed by atoms with Gasteiger partial charge in [0.2, 0.25) is 0 Å². The van der Waals surface area contributed by atoms with Crippen LogP contribution in [0.15, 0.2) is 72.8 Å². The number of ether oxygens (including phenoxy) is 4. The Labute approximate surface area is 384 Å². The van der Waals surface area contributed by atoms with Gasteiger partial charge in [-0.1, -0.05) is 12.8 Å². The van der Waals surface area contributed by atoms with Crippen molar-refractivity contribution in [3.63, 3.8) is 0 Å². The maximum Gasteiger partial charge on any atom is 0.253 e. The molecule has 2 aromatic heterocycles. The molecule has 16 nitrogen and oxygen atoms in total. The summed E-state index contributed by atoms with van der Waals surface area (Å²) in [5.41, 5.74) is 5.67. The molecule has 0 bridgehead atoms. The molecule has 348 valence electrons. The molecule has 2 fully saturated rings. The molecule has 1 unspecified atom stereocenters. The van der Waals surface area contributed by atoms with E-state index in [1.54, 1.807) is 103 Å². The van der Waals surface area contributed by atoms with E-state index in [1.807, 2.05) is 36.4 Å². The van der Waals surface area contributed by atoms with Gasteiger partial charge in [-0.25, -0.2) is 9.97 Å². The Morgan fingerprint density at radius 2 is 0.879 bits per heavy atom. The third kappa shape index (κ3) is 11.0. The minimum Gasteiger partial charge on any atom is -0.497 e. The van der Waals surface area contributed by atoms with Crippen LogP contribution in [0.2, 0.25) is 0 Å². The first kappa shape index (κ1) is 46.9. The largest absolute Gasteiger partial charge is 0.497 e. The summed E-state index contributed by atoms with van der Waals surface area (Å²) in [6, 6.07) is 21.5. The number of fused-ring (bicyclic) bond motifs is 2. The Kier molecular flexibility index (Phi) is 14.8. The minimum absolute atomic E-state index is 0.0392. The van der Waals surface area contributed by atoms with E-state index in [4.69, 9.17) is 28.9 Å². The molecule has 4 atom stereocenters. The van der Waals surface area contributed by atoms with Gasteiger partial charge in [0.25, 0.3) is 23.6 Å². The molecule has 0 spiro atoms. The second kappa shape index (κ2) is 20.8. The first-order valence-electron chi connectivity index (χ1n) is 22.3. The summed E-state index contributed by atoms with van der Waals surface area (Å²) in [5, 5.41) is 6.33. The Morgan fingerprint density at radius 1 is 0.515 bits per heavy atom. The zero-order valence-corrected chi connectivity index (χ0v) is 38.9. The van der Waals surface area contributed by atoms with E-state index in [0.29, 0.717) is 45.3 Å². The lowest BCUT2D eigenvalue weighted by Crippen LogP contribution is -2.38. The van der Waals surface area contributed by atoms with Gasteiger partial charge < -0.3 is 49.3 Å². The predicted molar refractivity (Wildman–Crippen MR) is 252 cm³/mol. The van der Waals surface area contributed by atoms with E-state index in [-0.39, 0.29) is 47.5 Å². The van der Waals surface area contributed by atoms with E-state index in [0.717, 1.165) is 85.1 Å². The first-order valence-corrected chi connectivity index (χ1v) is 22.3. The highest BCUT2D eigenvalue weighted by Gasteiger charge is 2.29. The Bertz CT molecular complexity index is 2480. The fourth-order valence-electron chi connectivity index (χ4n) is 8.78. The third-order valence-corrected chi connectivity index (χ3v) is 12.3. The van der Waals surface area contributed by atoms with Gasteiger partial charge in [-0.05, 0) is 99.2 Å². The molecule has 4 aromatic carbocycles. The molecule has 2 aliphatic carbocycles. The summed E-state index contributed by atoms with van der Waals surface area (Å²) < 4.78 is 21.1. The summed E-state index contributed by atoms with van der Waals surface area (Å²) in [5.74, 6) is 4.18. The number of H-pyrrole nitrogens is 2. The molecule has 0 aliphatic heterocycles. The number of benzene rings is 4. The number of carbonyl (C=O) groups excluding carboxylic acids is 4. The van der Waals surface area contributed by atoms with Gasteiger partial charge in [-0.3, -0.25) is 19.2 Å². The molecule has 2 saturated carbocycles. The number of carbonyl (C=O) groups is 4. The molecule has 0 radical (unpaired) electrons. The predicted octanol–water partition coefficient (Wildman–Crippen LogP) is 7.48. The monoisotopic (exact) mass is 900 g/mol. The van der Waals surface area contributed by atoms with Crippen molar-refractivity contribution in [2.24, 2.45) is 0 Å². The SMILES string of the molecule is COc1cc(OC)cc(C(=O)N[C@@H]2CCCC(c3nc4ccc(C(=O)N(C)C)cc4[nH]3)C2)c1.COc1cc(OC)cc(C(=O)N[C@H]2CCC[C@H](c3nc4ccc(C(=O)N(C)C)cc4[nH]3)C2)c1. The third-order valence-electron chi connectivity index (χ3n) is 12.3. The van der Waals surface area contributed by atoms with Crippen LogP contribution in [0.4, 0.5) is 0 Å². The number of nitrogens with one attached hydrogen (secondary N) is 4. The number of imidazole rings is 2. The van der Waals surface area contributed by atoms with Crippen molar-refractivity contribution in [3.8, 4) is 23.0 Å². The second-order valence-electron chi connectivity index (χ2n) is 17.4. The number of methoxy groups -OCH3 is 4. The summed E-state index contributed by atoms with van der Waals surface area (Å²) >= 11 is 0. The lowest BCUT2D eigenvalue weighted by Gasteiger charge is -2.28. The molecule has 0 saturated heterocycles. The van der Waals surface area contributed by atoms with Gasteiger partial charge in [-0.15, -0.1) is 0 Å². The average molecular weight is 901 g/mol. The van der Waals surface area contributed by atoms with Crippen molar-refractivity contribution >= 4 is 45.7 Å². The van der Waals surface area contributed by atoms with Crippen LogP contribution in [0.3, 0.4) is 0 Å². The fourth-order valence-corrected chi connectivity index (χ4v) is 8.78. The van der Waals surface area contributed by atoms with Crippen molar-refractivity contribution in [2.75, 3.05) is 56.6 Å². The Hall–Kier alpha value is -7.10. The normalized spacial score (nSPS) is 18.1. The van der Waals surface area contributed by atoms with Crippen LogP contribution >= 0.6 is 0 Å². The smallest absolute Gasteiger partial charge is 0.253 e. The zero-order chi connectivity index (χ0) is 47.1. The molecule has 2 aliphatic rings. The maximum absolute atomic E-state index is 12.9. The van der Waals surface area contributed by atoms with E-state index >= 15 is 0 Å². The number of hydrogen-bond donors (Lipinski definition) is 4. The highest BCUT2D eigenvalue weighted by atomic mass is 16.5. The summed E-state index contributed by atoms with van der Waals surface area (Å²) in [6.07, 6.45) is 7.45. The van der Waals surface area contributed by atoms with Gasteiger partial charge >= 0.3 is 0 Å². The molecule has 16 heteroatoms. The van der Waals surface area contributed by atoms with Crippen molar-refractivity contribution < 1.29 is 38.1 Å². The fraction of sp³-hybridized carbons (Fsp3) is 0.400. The van der Waals surface area contributed by atoms with Gasteiger partial charge in [0.05, 0.1) is 50.5 Å². The standard InChI is InChI=1S/2C25H30N4O4/c2*1-29(2)25(31)16-8-9-21-22(13-16)28-23(27-21)15-6-5-7-18(10-15)26-24(30)17-11-19(32-3)14-20(12-17)33-4/h2*8-9,11-15,18H,5-7,10H2,1-4H3,(H,26,30)(H,27,28)/t15?,18-;15-,18-/m10/s1. The van der Waals surface area contributed by atoms with Gasteiger partial charge in [-0.2, -0.15) is 0 Å². The van der Waals surface area contributed by atoms with Crippen molar-refractivity contribution in [2.45, 2.75) is 75.3 Å². The average Bonchev–Trinajstić information content (AvgIpc) is 3.98. The Balaban J connectivity index is 0.000000196. The van der Waals surface area contributed by atoms with Crippen LogP contribution in [-0.4, -0.2) is 122 Å². The van der Waals surface area contributed by atoms with Crippen LogP contribution in [-0.2, 0) is 0 Å². The molecule has 2 heterocycles. The molecule has 4 amide bonds. The number of aromatic amines is 2. The highest BCUT2D eigenvalue weighted by Crippen LogP contribution is 2.35. The highest BCUT2D eigenvalue weighted by molar-refractivity contribution is 5.98. The number of hydrogen-bond acceptors (Lipinski definition) is 10. The van der Waals surface area contributed by atoms with Crippen molar-refractivity contribution in [1.29, 1.82) is 0 Å². The van der Waals surface area contributed by atoms with E-state index in [1.165, 1.54) is 0 Å². The maximum atomic E-state index is 12.9. The van der Waals surface area contributed by atoms with Crippen LogP contribution < -0.4 is 29.6 Å². The van der Waals surface area contributed by atoms with Crippen molar-refractivity contribution in [1.82, 2.24) is 40.4 Å². The summed E-state index contributed by atoms with van der Waals surface area (Å²) in [7, 11) is 13.2. The molecular formula is C50H60N8O8. The lowest BCUT2D eigenvalue weighted by molar-refractivity contribution is 0.0820. The number of aromatic nitrogens is 4. The number of amides is 4. The number of nitrogens with zero attached hydrogens (tertiary/aromatic N) is 4. The molecule has 66 heavy (non-hydrogen) atoms. The summed E-state index contributed by atoms with van der Waals surface area (Å²) in [6.45, 7) is 0. The number of rotatable bonds is 12. The molecule has 8 rings (SSSR count). The topological polar surface area (TPSA) is 193 Å². The van der Waals surface area contributed by atoms with E-state index < -0.39 is 0 Å². The molecule has 4 N–H and O–H groups in total. The van der Waals surface area contributed by atoms with Gasteiger partial charge in [0.1, 0.15) is 34.6 Å². The Morgan fingerprint density at radius 3 is 1.21 bits per heavy atom. The van der Waals surface area contributed by atoms with Crippen LogP contribution in [0.5, 0.6) is 23.0 Å². The zero-order valence-electron chi connectivity index (χ0n) is 38.9. The van der Waals surface area contributed by atoms with Crippen LogP contribution in [0.1, 0.15) is 116 Å². The first-order chi connectivity index (χ1) is 31.7. The lowest BCUT2D eigenvalue weighted by atomic mass is 9.85. The van der Waals surface area contributed by atoms with Crippen molar-refractivity contribution in [3.05, 3.63) is 107 Å². The van der Waals surface area contributed by atoms with E-state index in [9.17, 15) is 19.2 Å². The molecule has 6 aromatic rings. The van der Waals surface area contributed by atoms with Crippen LogP contribution in [0, 0.1) is 0 Å². The minimum atomic E-state index is -0.144.